The predicted octanol–water partition coefficient (Wildman–Crippen LogP) is 3.73. The largest absolute Gasteiger partial charge is 0.381 e. The molecule has 1 heterocycles. The maximum absolute atomic E-state index is 6.53. The minimum absolute atomic E-state index is 0.0644. The first-order chi connectivity index (χ1) is 10.8. The first-order valence-electron chi connectivity index (χ1n) is 9.18. The molecule has 2 aliphatic rings. The standard InChI is InChI=1S/C19H36O4/c1-10-9-16(20-7)11(2)12(3)17(10)23-19-14(5)13(4)18(21-8)15(6)22-19/h10-19H,9H2,1-8H3/t10-,11?,12?,13+,14?,15?,16-,17+,18+,19-/m0/s1. The van der Waals surface area contributed by atoms with Gasteiger partial charge in [-0.3, -0.25) is 0 Å². The van der Waals surface area contributed by atoms with Crippen molar-refractivity contribution in [2.24, 2.45) is 29.6 Å². The fourth-order valence-electron chi connectivity index (χ4n) is 4.54. The van der Waals surface area contributed by atoms with Gasteiger partial charge >= 0.3 is 0 Å². The summed E-state index contributed by atoms with van der Waals surface area (Å²) in [5.74, 6) is 2.19. The van der Waals surface area contributed by atoms with Crippen molar-refractivity contribution in [1.82, 2.24) is 0 Å². The zero-order valence-corrected chi connectivity index (χ0v) is 16.1. The Balaban J connectivity index is 2.06. The lowest BCUT2D eigenvalue weighted by molar-refractivity contribution is -0.293. The normalized spacial score (nSPS) is 51.7. The monoisotopic (exact) mass is 328 g/mol. The van der Waals surface area contributed by atoms with E-state index in [0.717, 1.165) is 6.42 Å². The molecule has 136 valence electrons. The Morgan fingerprint density at radius 2 is 1.35 bits per heavy atom. The molecule has 1 aliphatic heterocycles. The van der Waals surface area contributed by atoms with Crippen molar-refractivity contribution < 1.29 is 18.9 Å². The minimum atomic E-state index is -0.146. The Morgan fingerprint density at radius 1 is 0.739 bits per heavy atom. The molecule has 0 bridgehead atoms. The van der Waals surface area contributed by atoms with E-state index in [-0.39, 0.29) is 24.6 Å². The summed E-state index contributed by atoms with van der Waals surface area (Å²) in [5.41, 5.74) is 0. The molecule has 0 amide bonds. The first kappa shape index (κ1) is 19.2. The second-order valence-electron chi connectivity index (χ2n) is 7.93. The topological polar surface area (TPSA) is 36.9 Å². The van der Waals surface area contributed by atoms with Gasteiger partial charge in [-0.1, -0.05) is 34.6 Å². The third-order valence-corrected chi connectivity index (χ3v) is 6.55. The molecule has 4 unspecified atom stereocenters. The molecule has 0 spiro atoms. The van der Waals surface area contributed by atoms with E-state index in [0.29, 0.717) is 35.7 Å². The quantitative estimate of drug-likeness (QED) is 0.788. The van der Waals surface area contributed by atoms with Gasteiger partial charge in [0.1, 0.15) is 0 Å². The van der Waals surface area contributed by atoms with Crippen LogP contribution in [0.25, 0.3) is 0 Å². The first-order valence-corrected chi connectivity index (χ1v) is 9.18. The lowest BCUT2D eigenvalue weighted by Crippen LogP contribution is -2.53. The van der Waals surface area contributed by atoms with Crippen LogP contribution in [0.2, 0.25) is 0 Å². The summed E-state index contributed by atoms with van der Waals surface area (Å²) in [6, 6.07) is 0. The van der Waals surface area contributed by atoms with Crippen LogP contribution in [-0.4, -0.2) is 44.9 Å². The Morgan fingerprint density at radius 3 is 1.91 bits per heavy atom. The Hall–Kier alpha value is -0.160. The van der Waals surface area contributed by atoms with E-state index in [4.69, 9.17) is 18.9 Å². The second-order valence-corrected chi connectivity index (χ2v) is 7.93. The summed E-state index contributed by atoms with van der Waals surface area (Å²) >= 11 is 0. The molecule has 0 radical (unpaired) electrons. The van der Waals surface area contributed by atoms with Crippen molar-refractivity contribution in [3.63, 3.8) is 0 Å². The molecule has 1 saturated heterocycles. The van der Waals surface area contributed by atoms with Crippen LogP contribution in [-0.2, 0) is 18.9 Å². The van der Waals surface area contributed by atoms with Crippen molar-refractivity contribution >= 4 is 0 Å². The molecule has 0 aromatic rings. The molecule has 2 rings (SSSR count). The highest BCUT2D eigenvalue weighted by Crippen LogP contribution is 2.40. The van der Waals surface area contributed by atoms with Crippen LogP contribution in [0.15, 0.2) is 0 Å². The zero-order valence-electron chi connectivity index (χ0n) is 16.1. The molecule has 10 atom stereocenters. The molecule has 0 aromatic heterocycles. The van der Waals surface area contributed by atoms with Gasteiger partial charge in [0.25, 0.3) is 0 Å². The molecule has 1 aliphatic carbocycles. The third kappa shape index (κ3) is 3.76. The molecule has 23 heavy (non-hydrogen) atoms. The van der Waals surface area contributed by atoms with Gasteiger partial charge in [0.05, 0.1) is 24.4 Å². The van der Waals surface area contributed by atoms with Crippen molar-refractivity contribution in [2.45, 2.75) is 78.7 Å². The lowest BCUT2D eigenvalue weighted by Gasteiger charge is -2.48. The fourth-order valence-corrected chi connectivity index (χ4v) is 4.54. The van der Waals surface area contributed by atoms with E-state index >= 15 is 0 Å². The van der Waals surface area contributed by atoms with Crippen LogP contribution in [0.3, 0.4) is 0 Å². The van der Waals surface area contributed by atoms with E-state index < -0.39 is 0 Å². The van der Waals surface area contributed by atoms with Gasteiger partial charge in [-0.05, 0) is 37.0 Å². The van der Waals surface area contributed by atoms with E-state index in [1.165, 1.54) is 0 Å². The van der Waals surface area contributed by atoms with E-state index in [1.807, 2.05) is 7.11 Å². The van der Waals surface area contributed by atoms with Crippen LogP contribution in [0.1, 0.15) is 48.0 Å². The lowest BCUT2D eigenvalue weighted by atomic mass is 9.72. The maximum atomic E-state index is 6.53. The number of hydrogen-bond acceptors (Lipinski definition) is 4. The van der Waals surface area contributed by atoms with Gasteiger partial charge in [-0.2, -0.15) is 0 Å². The highest BCUT2D eigenvalue weighted by molar-refractivity contribution is 4.90. The van der Waals surface area contributed by atoms with Crippen molar-refractivity contribution in [3.05, 3.63) is 0 Å². The zero-order chi connectivity index (χ0) is 17.3. The van der Waals surface area contributed by atoms with Gasteiger partial charge in [0, 0.05) is 20.1 Å². The number of hydrogen-bond donors (Lipinski definition) is 0. The second kappa shape index (κ2) is 7.81. The Kier molecular flexibility index (Phi) is 6.51. The van der Waals surface area contributed by atoms with Crippen molar-refractivity contribution in [3.8, 4) is 0 Å². The van der Waals surface area contributed by atoms with Crippen LogP contribution < -0.4 is 0 Å². The summed E-state index contributed by atoms with van der Waals surface area (Å²) in [4.78, 5) is 0. The molecule has 4 nitrogen and oxygen atoms in total. The highest BCUT2D eigenvalue weighted by Gasteiger charge is 2.45. The van der Waals surface area contributed by atoms with Crippen LogP contribution in [0.5, 0.6) is 0 Å². The van der Waals surface area contributed by atoms with Gasteiger partial charge in [-0.15, -0.1) is 0 Å². The SMILES string of the molecule is CO[C@H]1C[C@H](C)[C@@H](O[C@@H]2OC(C)[C@H](OC)[C@H](C)C2C)C(C)C1C. The average Bonchev–Trinajstić information content (AvgIpc) is 2.52. The van der Waals surface area contributed by atoms with E-state index in [2.05, 4.69) is 41.5 Å². The van der Waals surface area contributed by atoms with Crippen molar-refractivity contribution in [2.75, 3.05) is 14.2 Å². The van der Waals surface area contributed by atoms with E-state index in [9.17, 15) is 0 Å². The number of rotatable bonds is 4. The molecular formula is C19H36O4. The Labute approximate surface area is 142 Å². The molecule has 0 aromatic carbocycles. The molecular weight excluding hydrogens is 292 g/mol. The molecule has 1 saturated carbocycles. The van der Waals surface area contributed by atoms with E-state index in [1.54, 1.807) is 7.11 Å². The summed E-state index contributed by atoms with van der Waals surface area (Å²) in [6.45, 7) is 13.4. The number of ether oxygens (including phenoxy) is 4. The molecule has 0 N–H and O–H groups in total. The van der Waals surface area contributed by atoms with Crippen molar-refractivity contribution in [1.29, 1.82) is 0 Å². The van der Waals surface area contributed by atoms with Crippen LogP contribution in [0.4, 0.5) is 0 Å². The minimum Gasteiger partial charge on any atom is -0.381 e. The van der Waals surface area contributed by atoms with Gasteiger partial charge in [0.15, 0.2) is 6.29 Å². The van der Waals surface area contributed by atoms with Gasteiger partial charge in [-0.25, -0.2) is 0 Å². The smallest absolute Gasteiger partial charge is 0.161 e. The maximum Gasteiger partial charge on any atom is 0.161 e. The van der Waals surface area contributed by atoms with Gasteiger partial charge in [0.2, 0.25) is 0 Å². The molecule has 2 fully saturated rings. The van der Waals surface area contributed by atoms with Crippen LogP contribution in [0, 0.1) is 29.6 Å². The summed E-state index contributed by atoms with van der Waals surface area (Å²) in [5, 5.41) is 0. The highest BCUT2D eigenvalue weighted by atomic mass is 16.7. The predicted molar refractivity (Wildman–Crippen MR) is 91.2 cm³/mol. The summed E-state index contributed by atoms with van der Waals surface area (Å²) in [7, 11) is 3.59. The Bertz CT molecular complexity index is 374. The van der Waals surface area contributed by atoms with Crippen LogP contribution >= 0.6 is 0 Å². The average molecular weight is 328 g/mol. The summed E-state index contributed by atoms with van der Waals surface area (Å²) in [6.07, 6.45) is 1.67. The third-order valence-electron chi connectivity index (χ3n) is 6.55. The fraction of sp³-hybridized carbons (Fsp3) is 1.00. The van der Waals surface area contributed by atoms with Gasteiger partial charge < -0.3 is 18.9 Å². The summed E-state index contributed by atoms with van der Waals surface area (Å²) < 4.78 is 24.0. The molecule has 4 heteroatoms. The number of methoxy groups -OCH3 is 2.